The summed E-state index contributed by atoms with van der Waals surface area (Å²) in [5.74, 6) is -0.264. The maximum absolute atomic E-state index is 12.2. The number of nitrogens with zero attached hydrogens (tertiary/aromatic N) is 3. The molecule has 0 amide bonds. The van der Waals surface area contributed by atoms with Crippen molar-refractivity contribution in [2.24, 2.45) is 0 Å². The van der Waals surface area contributed by atoms with Gasteiger partial charge in [0.25, 0.3) is 0 Å². The van der Waals surface area contributed by atoms with Gasteiger partial charge in [0.15, 0.2) is 0 Å². The van der Waals surface area contributed by atoms with Gasteiger partial charge in [-0.1, -0.05) is 36.9 Å². The molecule has 0 saturated heterocycles. The Labute approximate surface area is 124 Å². The van der Waals surface area contributed by atoms with Crippen molar-refractivity contribution in [3.05, 3.63) is 21.1 Å². The topological polar surface area (TPSA) is 72.8 Å². The lowest BCUT2D eigenvalue weighted by Crippen LogP contribution is -2.08. The van der Waals surface area contributed by atoms with Gasteiger partial charge >= 0.3 is 0 Å². The van der Waals surface area contributed by atoms with E-state index >= 15 is 0 Å². The number of sulfone groups is 1. The fraction of sp³-hybridized carbons (Fsp3) is 0.500. The molecule has 2 rings (SSSR count). The summed E-state index contributed by atoms with van der Waals surface area (Å²) in [7, 11) is -3.52. The minimum atomic E-state index is -3.52. The maximum atomic E-state index is 12.2. The standard InChI is InChI=1S/C10H12ClN3O2S3/c1-10(2,3)7-4-12-9(17-7)19(15,16)5-6-8(11)18-14-13-6/h4H,5H2,1-3H3. The van der Waals surface area contributed by atoms with E-state index in [1.54, 1.807) is 6.20 Å². The van der Waals surface area contributed by atoms with Gasteiger partial charge in [0.05, 0.1) is 0 Å². The molecule has 0 aliphatic carbocycles. The van der Waals surface area contributed by atoms with E-state index in [1.165, 1.54) is 11.3 Å². The average molecular weight is 338 g/mol. The molecule has 0 unspecified atom stereocenters. The Bertz CT molecular complexity index is 685. The molecule has 0 aliphatic rings. The van der Waals surface area contributed by atoms with Gasteiger partial charge in [-0.3, -0.25) is 0 Å². The Kier molecular flexibility index (Phi) is 3.97. The van der Waals surface area contributed by atoms with Crippen LogP contribution in [0.15, 0.2) is 10.5 Å². The molecule has 104 valence electrons. The molecule has 0 N–H and O–H groups in total. The highest BCUT2D eigenvalue weighted by atomic mass is 35.5. The lowest BCUT2D eigenvalue weighted by Gasteiger charge is -2.14. The van der Waals surface area contributed by atoms with E-state index in [1.807, 2.05) is 20.8 Å². The summed E-state index contributed by atoms with van der Waals surface area (Å²) < 4.78 is 28.5. The van der Waals surface area contributed by atoms with E-state index in [0.29, 0.717) is 4.34 Å². The molecular formula is C10H12ClN3O2S3. The first-order valence-electron chi connectivity index (χ1n) is 5.36. The van der Waals surface area contributed by atoms with Crippen LogP contribution < -0.4 is 0 Å². The average Bonchev–Trinajstić information content (AvgIpc) is 2.87. The zero-order valence-electron chi connectivity index (χ0n) is 10.5. The summed E-state index contributed by atoms with van der Waals surface area (Å²) in [6, 6.07) is 0. The molecule has 5 nitrogen and oxygen atoms in total. The third-order valence-electron chi connectivity index (χ3n) is 2.33. The van der Waals surface area contributed by atoms with Crippen molar-refractivity contribution in [1.82, 2.24) is 14.6 Å². The molecule has 19 heavy (non-hydrogen) atoms. The van der Waals surface area contributed by atoms with Crippen molar-refractivity contribution >= 4 is 44.3 Å². The predicted molar refractivity (Wildman–Crippen MR) is 76.6 cm³/mol. The monoisotopic (exact) mass is 337 g/mol. The van der Waals surface area contributed by atoms with Gasteiger partial charge in [-0.2, -0.15) is 0 Å². The number of thiazole rings is 1. The van der Waals surface area contributed by atoms with Gasteiger partial charge in [-0.05, 0) is 5.41 Å². The first kappa shape index (κ1) is 14.8. The van der Waals surface area contributed by atoms with Crippen molar-refractivity contribution in [1.29, 1.82) is 0 Å². The first-order valence-corrected chi connectivity index (χ1v) is 8.98. The molecule has 9 heteroatoms. The number of hydrogen-bond donors (Lipinski definition) is 0. The molecule has 0 saturated carbocycles. The molecule has 0 aromatic carbocycles. The highest BCUT2D eigenvalue weighted by Gasteiger charge is 2.25. The lowest BCUT2D eigenvalue weighted by molar-refractivity contribution is 0.593. The Hall–Kier alpha value is -0.570. The lowest BCUT2D eigenvalue weighted by atomic mass is 9.96. The van der Waals surface area contributed by atoms with Crippen LogP contribution in [-0.4, -0.2) is 23.0 Å². The van der Waals surface area contributed by atoms with Gasteiger partial charge in [0.2, 0.25) is 14.2 Å². The normalized spacial score (nSPS) is 12.8. The van der Waals surface area contributed by atoms with Crippen molar-refractivity contribution in [3.63, 3.8) is 0 Å². The Morgan fingerprint density at radius 3 is 2.53 bits per heavy atom. The number of aromatic nitrogens is 3. The molecule has 0 bridgehead atoms. The van der Waals surface area contributed by atoms with Crippen LogP contribution in [0.5, 0.6) is 0 Å². The third-order valence-corrected chi connectivity index (χ3v) is 6.83. The summed E-state index contributed by atoms with van der Waals surface area (Å²) in [6.45, 7) is 6.04. The second kappa shape index (κ2) is 5.08. The largest absolute Gasteiger partial charge is 0.233 e. The highest BCUT2D eigenvalue weighted by molar-refractivity contribution is 7.92. The number of hydrogen-bond acceptors (Lipinski definition) is 7. The maximum Gasteiger partial charge on any atom is 0.211 e. The van der Waals surface area contributed by atoms with Gasteiger partial charge < -0.3 is 0 Å². The third kappa shape index (κ3) is 3.31. The van der Waals surface area contributed by atoms with Crippen molar-refractivity contribution in [3.8, 4) is 0 Å². The Morgan fingerprint density at radius 2 is 2.05 bits per heavy atom. The minimum absolute atomic E-state index is 0.0986. The van der Waals surface area contributed by atoms with Crippen LogP contribution >= 0.6 is 34.5 Å². The molecule has 0 atom stereocenters. The van der Waals surface area contributed by atoms with E-state index in [-0.39, 0.29) is 21.2 Å². The van der Waals surface area contributed by atoms with Gasteiger partial charge in [0.1, 0.15) is 15.8 Å². The van der Waals surface area contributed by atoms with Crippen LogP contribution in [0.25, 0.3) is 0 Å². The quantitative estimate of drug-likeness (QED) is 0.861. The predicted octanol–water partition coefficient (Wildman–Crippen LogP) is 2.92. The summed E-state index contributed by atoms with van der Waals surface area (Å²) in [5.41, 5.74) is 0.157. The van der Waals surface area contributed by atoms with Crippen LogP contribution in [0.2, 0.25) is 4.34 Å². The summed E-state index contributed by atoms with van der Waals surface area (Å²) in [4.78, 5) is 4.93. The minimum Gasteiger partial charge on any atom is -0.233 e. The molecule has 0 spiro atoms. The Balaban J connectivity index is 2.30. The highest BCUT2D eigenvalue weighted by Crippen LogP contribution is 2.31. The van der Waals surface area contributed by atoms with Crippen LogP contribution in [0.1, 0.15) is 31.3 Å². The molecule has 2 aromatic rings. The second-order valence-corrected chi connectivity index (χ2v) is 9.54. The van der Waals surface area contributed by atoms with Crippen molar-refractivity contribution < 1.29 is 8.42 Å². The van der Waals surface area contributed by atoms with Crippen LogP contribution in [0, 0.1) is 0 Å². The first-order chi connectivity index (χ1) is 8.70. The van der Waals surface area contributed by atoms with E-state index in [9.17, 15) is 8.42 Å². The van der Waals surface area contributed by atoms with E-state index in [0.717, 1.165) is 16.4 Å². The Morgan fingerprint density at radius 1 is 1.37 bits per heavy atom. The molecule has 0 fully saturated rings. The molecule has 2 heterocycles. The molecule has 0 radical (unpaired) electrons. The van der Waals surface area contributed by atoms with Gasteiger partial charge in [-0.15, -0.1) is 16.4 Å². The smallest absolute Gasteiger partial charge is 0.211 e. The summed E-state index contributed by atoms with van der Waals surface area (Å²) >= 11 is 7.98. The van der Waals surface area contributed by atoms with Gasteiger partial charge in [0, 0.05) is 22.6 Å². The fourth-order valence-corrected chi connectivity index (χ4v) is 4.63. The summed E-state index contributed by atoms with van der Waals surface area (Å²) in [6.07, 6.45) is 1.61. The summed E-state index contributed by atoms with van der Waals surface area (Å²) in [5, 5.41) is 3.72. The van der Waals surface area contributed by atoms with Crippen LogP contribution in [-0.2, 0) is 21.0 Å². The number of halogens is 1. The van der Waals surface area contributed by atoms with Crippen LogP contribution in [0.4, 0.5) is 0 Å². The molecule has 0 aliphatic heterocycles. The van der Waals surface area contributed by atoms with Crippen LogP contribution in [0.3, 0.4) is 0 Å². The second-order valence-electron chi connectivity index (χ2n) is 4.99. The van der Waals surface area contributed by atoms with E-state index in [4.69, 9.17) is 11.6 Å². The zero-order chi connectivity index (χ0) is 14.3. The SMILES string of the molecule is CC(C)(C)c1cnc(S(=O)(=O)Cc2nnsc2Cl)s1. The number of rotatable bonds is 3. The van der Waals surface area contributed by atoms with Gasteiger partial charge in [-0.25, -0.2) is 13.4 Å². The fourth-order valence-electron chi connectivity index (χ4n) is 1.27. The zero-order valence-corrected chi connectivity index (χ0v) is 13.8. The van der Waals surface area contributed by atoms with Crippen molar-refractivity contribution in [2.45, 2.75) is 36.3 Å². The van der Waals surface area contributed by atoms with E-state index in [2.05, 4.69) is 14.6 Å². The van der Waals surface area contributed by atoms with Crippen molar-refractivity contribution in [2.75, 3.05) is 0 Å². The molecular weight excluding hydrogens is 326 g/mol. The molecule has 2 aromatic heterocycles. The van der Waals surface area contributed by atoms with E-state index < -0.39 is 9.84 Å².